The van der Waals surface area contributed by atoms with Crippen LogP contribution in [-0.2, 0) is 9.84 Å². The quantitative estimate of drug-likeness (QED) is 0.589. The van der Waals surface area contributed by atoms with Crippen LogP contribution in [0.2, 0.25) is 5.02 Å². The highest BCUT2D eigenvalue weighted by Crippen LogP contribution is 2.43. The van der Waals surface area contributed by atoms with Crippen LogP contribution in [0.25, 0.3) is 22.5 Å². The Morgan fingerprint density at radius 1 is 1.06 bits per heavy atom. The van der Waals surface area contributed by atoms with E-state index in [1.807, 2.05) is 49.4 Å². The second-order valence-electron chi connectivity index (χ2n) is 8.50. The lowest BCUT2D eigenvalue weighted by molar-refractivity contribution is 0.583. The maximum Gasteiger partial charge on any atom is 0.177 e. The standard InChI is InChI=1S/C24H29ClN4O2S/c1-16(2)29-17(3)24(32(4,30)31)22(23(29)18-8-10-19(25)11-9-18)20-6-5-7-21(27-20)28-14-12-26-13-15-28/h5-11,16,26H,12-15H2,1-4H3. The third kappa shape index (κ3) is 4.29. The Bertz CT molecular complexity index is 1230. The van der Waals surface area contributed by atoms with Gasteiger partial charge in [0.1, 0.15) is 5.82 Å². The Balaban J connectivity index is 2.02. The van der Waals surface area contributed by atoms with Gasteiger partial charge in [-0.3, -0.25) is 0 Å². The van der Waals surface area contributed by atoms with Gasteiger partial charge < -0.3 is 14.8 Å². The molecule has 8 heteroatoms. The van der Waals surface area contributed by atoms with Crippen molar-refractivity contribution in [2.24, 2.45) is 0 Å². The molecule has 170 valence electrons. The summed E-state index contributed by atoms with van der Waals surface area (Å²) >= 11 is 6.15. The van der Waals surface area contributed by atoms with Gasteiger partial charge in [-0.2, -0.15) is 0 Å². The number of rotatable bonds is 5. The minimum Gasteiger partial charge on any atom is -0.354 e. The van der Waals surface area contributed by atoms with Crippen molar-refractivity contribution in [3.63, 3.8) is 0 Å². The molecule has 1 N–H and O–H groups in total. The Hall–Kier alpha value is -2.35. The first-order valence-electron chi connectivity index (χ1n) is 10.8. The molecule has 2 aromatic heterocycles. The second kappa shape index (κ2) is 8.89. The molecule has 0 atom stereocenters. The van der Waals surface area contributed by atoms with Crippen molar-refractivity contribution < 1.29 is 8.42 Å². The molecule has 1 fully saturated rings. The van der Waals surface area contributed by atoms with E-state index in [-0.39, 0.29) is 6.04 Å². The number of sulfone groups is 1. The van der Waals surface area contributed by atoms with Crippen LogP contribution in [0.15, 0.2) is 47.4 Å². The Morgan fingerprint density at radius 2 is 1.72 bits per heavy atom. The number of pyridine rings is 1. The van der Waals surface area contributed by atoms with E-state index in [9.17, 15) is 8.42 Å². The number of benzene rings is 1. The number of anilines is 1. The molecule has 1 aromatic carbocycles. The molecule has 1 aliphatic heterocycles. The molecular formula is C24H29ClN4O2S. The van der Waals surface area contributed by atoms with Gasteiger partial charge in [0.2, 0.25) is 0 Å². The van der Waals surface area contributed by atoms with E-state index in [1.54, 1.807) is 0 Å². The fourth-order valence-corrected chi connectivity index (χ4v) is 5.88. The van der Waals surface area contributed by atoms with Crippen molar-refractivity contribution in [2.75, 3.05) is 37.3 Å². The number of hydrogen-bond acceptors (Lipinski definition) is 5. The molecule has 32 heavy (non-hydrogen) atoms. The van der Waals surface area contributed by atoms with E-state index in [2.05, 4.69) is 28.6 Å². The third-order valence-corrected chi connectivity index (χ3v) is 7.32. The van der Waals surface area contributed by atoms with Gasteiger partial charge in [-0.1, -0.05) is 29.8 Å². The van der Waals surface area contributed by atoms with Crippen molar-refractivity contribution in [3.05, 3.63) is 53.2 Å². The van der Waals surface area contributed by atoms with Crippen molar-refractivity contribution in [2.45, 2.75) is 31.7 Å². The molecule has 3 aromatic rings. The van der Waals surface area contributed by atoms with Crippen molar-refractivity contribution in [1.29, 1.82) is 0 Å². The van der Waals surface area contributed by atoms with E-state index in [4.69, 9.17) is 16.6 Å². The first kappa shape index (κ1) is 22.8. The van der Waals surface area contributed by atoms with Gasteiger partial charge in [0.05, 0.1) is 16.3 Å². The fourth-order valence-electron chi connectivity index (χ4n) is 4.55. The summed E-state index contributed by atoms with van der Waals surface area (Å²) < 4.78 is 28.1. The summed E-state index contributed by atoms with van der Waals surface area (Å²) in [5.41, 5.74) is 3.79. The maximum atomic E-state index is 13.0. The zero-order valence-electron chi connectivity index (χ0n) is 18.9. The molecule has 0 saturated carbocycles. The van der Waals surface area contributed by atoms with Crippen LogP contribution in [0.4, 0.5) is 5.82 Å². The zero-order valence-corrected chi connectivity index (χ0v) is 20.5. The van der Waals surface area contributed by atoms with Gasteiger partial charge in [-0.25, -0.2) is 13.4 Å². The molecule has 0 unspecified atom stereocenters. The van der Waals surface area contributed by atoms with Crippen LogP contribution in [0.1, 0.15) is 25.6 Å². The summed E-state index contributed by atoms with van der Waals surface area (Å²) in [6.07, 6.45) is 1.27. The van der Waals surface area contributed by atoms with E-state index >= 15 is 0 Å². The molecule has 0 aliphatic carbocycles. The summed E-state index contributed by atoms with van der Waals surface area (Å²) in [5.74, 6) is 0.862. The highest BCUT2D eigenvalue weighted by Gasteiger charge is 2.30. The Kier molecular flexibility index (Phi) is 6.34. The summed E-state index contributed by atoms with van der Waals surface area (Å²) in [6, 6.07) is 13.4. The second-order valence-corrected chi connectivity index (χ2v) is 10.9. The fraction of sp³-hybridized carbons (Fsp3) is 0.375. The largest absolute Gasteiger partial charge is 0.354 e. The predicted molar refractivity (Wildman–Crippen MR) is 131 cm³/mol. The molecule has 1 aliphatic rings. The molecule has 3 heterocycles. The molecule has 0 amide bonds. The van der Waals surface area contributed by atoms with Crippen LogP contribution < -0.4 is 10.2 Å². The Labute approximate surface area is 195 Å². The van der Waals surface area contributed by atoms with Crippen LogP contribution in [-0.4, -0.2) is 50.4 Å². The monoisotopic (exact) mass is 472 g/mol. The average Bonchev–Trinajstić information content (AvgIpc) is 3.08. The Morgan fingerprint density at radius 3 is 2.31 bits per heavy atom. The van der Waals surface area contributed by atoms with E-state index in [0.29, 0.717) is 21.2 Å². The van der Waals surface area contributed by atoms with Gasteiger partial charge in [0, 0.05) is 54.8 Å². The molecule has 0 radical (unpaired) electrons. The van der Waals surface area contributed by atoms with Crippen LogP contribution >= 0.6 is 11.6 Å². The first-order chi connectivity index (χ1) is 15.2. The summed E-state index contributed by atoms with van der Waals surface area (Å²) in [5, 5.41) is 3.99. The van der Waals surface area contributed by atoms with Crippen LogP contribution in [0.5, 0.6) is 0 Å². The van der Waals surface area contributed by atoms with Gasteiger partial charge >= 0.3 is 0 Å². The first-order valence-corrected chi connectivity index (χ1v) is 13.1. The zero-order chi connectivity index (χ0) is 23.0. The number of halogens is 1. The summed E-state index contributed by atoms with van der Waals surface area (Å²) in [6.45, 7) is 9.54. The molecule has 1 saturated heterocycles. The van der Waals surface area contributed by atoms with Crippen molar-refractivity contribution in [1.82, 2.24) is 14.9 Å². The SMILES string of the molecule is Cc1c(S(C)(=O)=O)c(-c2cccc(N3CCNCC3)n2)c(-c2ccc(Cl)cc2)n1C(C)C. The van der Waals surface area contributed by atoms with Crippen molar-refractivity contribution in [3.8, 4) is 22.5 Å². The topological polar surface area (TPSA) is 67.2 Å². The lowest BCUT2D eigenvalue weighted by atomic mass is 10.0. The van der Waals surface area contributed by atoms with Crippen molar-refractivity contribution >= 4 is 27.3 Å². The highest BCUT2D eigenvalue weighted by atomic mass is 35.5. The van der Waals surface area contributed by atoms with Gasteiger partial charge in [-0.05, 0) is 50.6 Å². The van der Waals surface area contributed by atoms with Crippen LogP contribution in [0.3, 0.4) is 0 Å². The van der Waals surface area contributed by atoms with E-state index in [1.165, 1.54) is 6.26 Å². The smallest absolute Gasteiger partial charge is 0.177 e. The van der Waals surface area contributed by atoms with Gasteiger partial charge in [0.15, 0.2) is 9.84 Å². The van der Waals surface area contributed by atoms with Crippen LogP contribution in [0, 0.1) is 6.92 Å². The normalized spacial score (nSPS) is 14.9. The number of nitrogens with zero attached hydrogens (tertiary/aromatic N) is 3. The molecular weight excluding hydrogens is 444 g/mol. The summed E-state index contributed by atoms with van der Waals surface area (Å²) in [4.78, 5) is 7.52. The molecule has 6 nitrogen and oxygen atoms in total. The average molecular weight is 473 g/mol. The highest BCUT2D eigenvalue weighted by molar-refractivity contribution is 7.91. The maximum absolute atomic E-state index is 13.0. The number of piperazine rings is 1. The number of hydrogen-bond donors (Lipinski definition) is 1. The minimum atomic E-state index is -3.51. The number of aromatic nitrogens is 2. The predicted octanol–water partition coefficient (Wildman–Crippen LogP) is 4.57. The van der Waals surface area contributed by atoms with Gasteiger partial charge in [0.25, 0.3) is 0 Å². The van der Waals surface area contributed by atoms with Gasteiger partial charge in [-0.15, -0.1) is 0 Å². The van der Waals surface area contributed by atoms with E-state index in [0.717, 1.165) is 48.9 Å². The molecule has 4 rings (SSSR count). The minimum absolute atomic E-state index is 0.0614. The molecule has 0 spiro atoms. The summed E-state index contributed by atoms with van der Waals surface area (Å²) in [7, 11) is -3.51. The third-order valence-electron chi connectivity index (χ3n) is 5.83. The number of nitrogens with one attached hydrogen (secondary N) is 1. The lowest BCUT2D eigenvalue weighted by Gasteiger charge is -2.28. The lowest BCUT2D eigenvalue weighted by Crippen LogP contribution is -2.43. The molecule has 0 bridgehead atoms. The van der Waals surface area contributed by atoms with E-state index < -0.39 is 9.84 Å².